The minimum Gasteiger partial charge on any atom is -0.490 e. The molecule has 21 heavy (non-hydrogen) atoms. The Labute approximate surface area is 126 Å². The molecule has 0 aliphatic carbocycles. The summed E-state index contributed by atoms with van der Waals surface area (Å²) in [7, 11) is 0. The van der Waals surface area contributed by atoms with Gasteiger partial charge >= 0.3 is 5.97 Å². The minimum absolute atomic E-state index is 0.332. The first kappa shape index (κ1) is 15.6. The Balaban J connectivity index is 1.89. The maximum Gasteiger partial charge on any atom is 0.338 e. The van der Waals surface area contributed by atoms with Crippen LogP contribution in [-0.2, 0) is 4.74 Å². The fourth-order valence-corrected chi connectivity index (χ4v) is 2.36. The van der Waals surface area contributed by atoms with Crippen LogP contribution in [0.2, 0.25) is 0 Å². The quantitative estimate of drug-likeness (QED) is 0.617. The summed E-state index contributed by atoms with van der Waals surface area (Å²) in [5.74, 6) is 0.224. The summed E-state index contributed by atoms with van der Waals surface area (Å²) in [5, 5.41) is 0. The highest BCUT2D eigenvalue weighted by Crippen LogP contribution is 2.23. The fraction of sp³-hybridized carbons (Fsp3) is 0.562. The molecule has 0 amide bonds. The molecule has 0 saturated carbocycles. The van der Waals surface area contributed by atoms with Gasteiger partial charge in [-0.2, -0.15) is 0 Å². The van der Waals surface area contributed by atoms with Crippen molar-refractivity contribution in [3.05, 3.63) is 23.8 Å². The van der Waals surface area contributed by atoms with E-state index in [0.717, 1.165) is 26.1 Å². The number of nitrogens with zero attached hydrogens (tertiary/aromatic N) is 1. The monoisotopic (exact) mass is 292 g/mol. The molecule has 1 fully saturated rings. The number of carbonyl (C=O) groups excluding carboxylic acids is 1. The average molecular weight is 292 g/mol. The van der Waals surface area contributed by atoms with Crippen molar-refractivity contribution in [2.45, 2.75) is 26.2 Å². The predicted octanol–water partition coefficient (Wildman–Crippen LogP) is 2.31. The second-order valence-corrected chi connectivity index (χ2v) is 5.29. The first-order chi connectivity index (χ1) is 10.2. The number of hydrogen-bond acceptors (Lipinski definition) is 5. The second kappa shape index (κ2) is 7.88. The summed E-state index contributed by atoms with van der Waals surface area (Å²) >= 11 is 0. The van der Waals surface area contributed by atoms with E-state index in [1.807, 2.05) is 6.92 Å². The molecule has 1 saturated heterocycles. The molecule has 5 heteroatoms. The maximum absolute atomic E-state index is 11.8. The first-order valence-corrected chi connectivity index (χ1v) is 7.62. The Hall–Kier alpha value is -1.75. The molecule has 0 atom stereocenters. The number of hydrogen-bond donors (Lipinski definition) is 1. The van der Waals surface area contributed by atoms with Gasteiger partial charge in [0.2, 0.25) is 0 Å². The van der Waals surface area contributed by atoms with Gasteiger partial charge in [-0.15, -0.1) is 0 Å². The average Bonchev–Trinajstić information content (AvgIpc) is 3.00. The lowest BCUT2D eigenvalue weighted by atomic mass is 10.2. The Morgan fingerprint density at radius 1 is 1.29 bits per heavy atom. The molecular formula is C16H24N2O3. The van der Waals surface area contributed by atoms with E-state index >= 15 is 0 Å². The van der Waals surface area contributed by atoms with Crippen molar-refractivity contribution in [2.24, 2.45) is 0 Å². The Morgan fingerprint density at radius 3 is 2.76 bits per heavy atom. The summed E-state index contributed by atoms with van der Waals surface area (Å²) < 4.78 is 10.8. The maximum atomic E-state index is 11.8. The van der Waals surface area contributed by atoms with Crippen LogP contribution < -0.4 is 10.5 Å². The van der Waals surface area contributed by atoms with Crippen molar-refractivity contribution in [1.82, 2.24) is 4.90 Å². The zero-order valence-corrected chi connectivity index (χ0v) is 12.6. The molecule has 1 aliphatic rings. The summed E-state index contributed by atoms with van der Waals surface area (Å²) in [6.07, 6.45) is 3.34. The van der Waals surface area contributed by atoms with E-state index in [4.69, 9.17) is 15.2 Å². The van der Waals surface area contributed by atoms with Gasteiger partial charge in [0, 0.05) is 6.54 Å². The fourth-order valence-electron chi connectivity index (χ4n) is 2.36. The SMILES string of the molecule is CCCOC(=O)c1ccc(N)c(OCCN2CCCC2)c1. The second-order valence-electron chi connectivity index (χ2n) is 5.29. The third-order valence-corrected chi connectivity index (χ3v) is 3.55. The number of ether oxygens (including phenoxy) is 2. The summed E-state index contributed by atoms with van der Waals surface area (Å²) in [6.45, 7) is 6.14. The van der Waals surface area contributed by atoms with E-state index < -0.39 is 0 Å². The number of rotatable bonds is 7. The van der Waals surface area contributed by atoms with Crippen LogP contribution >= 0.6 is 0 Å². The highest BCUT2D eigenvalue weighted by Gasteiger charge is 2.13. The molecule has 0 radical (unpaired) electrons. The molecule has 5 nitrogen and oxygen atoms in total. The van der Waals surface area contributed by atoms with Crippen LogP contribution in [0.25, 0.3) is 0 Å². The molecule has 0 aromatic heterocycles. The topological polar surface area (TPSA) is 64.8 Å². The van der Waals surface area contributed by atoms with Crippen molar-refractivity contribution >= 4 is 11.7 Å². The van der Waals surface area contributed by atoms with Crippen molar-refractivity contribution in [3.8, 4) is 5.75 Å². The van der Waals surface area contributed by atoms with Crippen LogP contribution in [0.5, 0.6) is 5.75 Å². The number of nitrogens with two attached hydrogens (primary N) is 1. The van der Waals surface area contributed by atoms with E-state index in [-0.39, 0.29) is 5.97 Å². The van der Waals surface area contributed by atoms with Crippen LogP contribution in [0.4, 0.5) is 5.69 Å². The van der Waals surface area contributed by atoms with Gasteiger partial charge in [0.05, 0.1) is 17.9 Å². The third kappa shape index (κ3) is 4.63. The standard InChI is InChI=1S/C16H24N2O3/c1-2-10-21-16(19)13-5-6-14(17)15(12-13)20-11-9-18-7-3-4-8-18/h5-6,12H,2-4,7-11,17H2,1H3. The summed E-state index contributed by atoms with van der Waals surface area (Å²) in [5.41, 5.74) is 6.92. The number of nitrogen functional groups attached to an aromatic ring is 1. The van der Waals surface area contributed by atoms with E-state index in [9.17, 15) is 4.79 Å². The molecule has 116 valence electrons. The van der Waals surface area contributed by atoms with Crippen molar-refractivity contribution in [3.63, 3.8) is 0 Å². The lowest BCUT2D eigenvalue weighted by Gasteiger charge is -2.16. The van der Waals surface area contributed by atoms with E-state index in [0.29, 0.717) is 30.2 Å². The van der Waals surface area contributed by atoms with Crippen LogP contribution in [0.3, 0.4) is 0 Å². The number of benzene rings is 1. The zero-order valence-electron chi connectivity index (χ0n) is 12.6. The van der Waals surface area contributed by atoms with Gasteiger partial charge in [0.15, 0.2) is 0 Å². The largest absolute Gasteiger partial charge is 0.490 e. The molecule has 2 rings (SSSR count). The predicted molar refractivity (Wildman–Crippen MR) is 82.6 cm³/mol. The minimum atomic E-state index is -0.332. The van der Waals surface area contributed by atoms with Crippen molar-refractivity contribution in [2.75, 3.05) is 38.6 Å². The smallest absolute Gasteiger partial charge is 0.338 e. The molecule has 1 aromatic carbocycles. The lowest BCUT2D eigenvalue weighted by molar-refractivity contribution is 0.0504. The number of anilines is 1. The normalized spacial score (nSPS) is 15.1. The molecular weight excluding hydrogens is 268 g/mol. The molecule has 2 N–H and O–H groups in total. The zero-order chi connectivity index (χ0) is 15.1. The molecule has 1 heterocycles. The van der Waals surface area contributed by atoms with Gasteiger partial charge in [-0.1, -0.05) is 6.92 Å². The molecule has 0 bridgehead atoms. The van der Waals surface area contributed by atoms with Gasteiger partial charge in [-0.25, -0.2) is 4.79 Å². The molecule has 1 aliphatic heterocycles. The number of esters is 1. The van der Waals surface area contributed by atoms with Gasteiger partial charge in [-0.3, -0.25) is 4.90 Å². The molecule has 1 aromatic rings. The summed E-state index contributed by atoms with van der Waals surface area (Å²) in [4.78, 5) is 14.2. The van der Waals surface area contributed by atoms with Gasteiger partial charge in [-0.05, 0) is 50.6 Å². The Bertz CT molecular complexity index is 471. The first-order valence-electron chi connectivity index (χ1n) is 7.62. The van der Waals surface area contributed by atoms with E-state index in [1.165, 1.54) is 12.8 Å². The van der Waals surface area contributed by atoms with Crippen molar-refractivity contribution < 1.29 is 14.3 Å². The van der Waals surface area contributed by atoms with Crippen LogP contribution in [0.1, 0.15) is 36.5 Å². The molecule has 0 spiro atoms. The van der Waals surface area contributed by atoms with Crippen LogP contribution in [0.15, 0.2) is 18.2 Å². The van der Waals surface area contributed by atoms with E-state index in [1.54, 1.807) is 18.2 Å². The lowest BCUT2D eigenvalue weighted by Crippen LogP contribution is -2.25. The number of likely N-dealkylation sites (tertiary alicyclic amines) is 1. The van der Waals surface area contributed by atoms with Crippen LogP contribution in [0, 0.1) is 0 Å². The van der Waals surface area contributed by atoms with E-state index in [2.05, 4.69) is 4.90 Å². The van der Waals surface area contributed by atoms with Gasteiger partial charge in [0.25, 0.3) is 0 Å². The highest BCUT2D eigenvalue weighted by molar-refractivity contribution is 5.90. The molecule has 0 unspecified atom stereocenters. The Kier molecular flexibility index (Phi) is 5.87. The van der Waals surface area contributed by atoms with Gasteiger partial charge in [0.1, 0.15) is 12.4 Å². The Morgan fingerprint density at radius 2 is 2.05 bits per heavy atom. The van der Waals surface area contributed by atoms with Crippen LogP contribution in [-0.4, -0.2) is 43.7 Å². The van der Waals surface area contributed by atoms with Crippen molar-refractivity contribution in [1.29, 1.82) is 0 Å². The third-order valence-electron chi connectivity index (χ3n) is 3.55. The number of carbonyl (C=O) groups is 1. The highest BCUT2D eigenvalue weighted by atomic mass is 16.5. The summed E-state index contributed by atoms with van der Waals surface area (Å²) in [6, 6.07) is 5.02. The van der Waals surface area contributed by atoms with Gasteiger partial charge < -0.3 is 15.2 Å².